The molecule has 158 valence electrons. The Morgan fingerprint density at radius 2 is 1.84 bits per heavy atom. The summed E-state index contributed by atoms with van der Waals surface area (Å²) in [4.78, 5) is 17.6. The summed E-state index contributed by atoms with van der Waals surface area (Å²) in [5.74, 6) is -0.692. The number of nitrogens with zero attached hydrogens (tertiary/aromatic N) is 2. The summed E-state index contributed by atoms with van der Waals surface area (Å²) < 4.78 is 0. The standard InChI is InChI=1S/C25H24N2O2S2/c1-15-13-25(2,3)27(4)20-7-5-16(12-19(15)20)21-9-10-23(31-21)22-8-6-18(30-22)11-17(14-26)24(28)29/h5-12,15H,13H2,1-4H3,(H,28,29)/b17-11+. The van der Waals surface area contributed by atoms with Crippen molar-refractivity contribution in [2.45, 2.75) is 38.6 Å². The van der Waals surface area contributed by atoms with Crippen molar-refractivity contribution in [3.63, 3.8) is 0 Å². The van der Waals surface area contributed by atoms with Crippen LogP contribution in [0.2, 0.25) is 0 Å². The Morgan fingerprint density at radius 3 is 2.55 bits per heavy atom. The van der Waals surface area contributed by atoms with Crippen molar-refractivity contribution in [3.05, 3.63) is 58.5 Å². The number of benzene rings is 1. The van der Waals surface area contributed by atoms with E-state index in [0.717, 1.165) is 21.1 Å². The van der Waals surface area contributed by atoms with Crippen LogP contribution in [0.4, 0.5) is 5.69 Å². The van der Waals surface area contributed by atoms with Crippen molar-refractivity contribution in [1.29, 1.82) is 5.26 Å². The van der Waals surface area contributed by atoms with E-state index >= 15 is 0 Å². The van der Waals surface area contributed by atoms with Gasteiger partial charge in [0.25, 0.3) is 0 Å². The normalized spacial score (nSPS) is 17.8. The van der Waals surface area contributed by atoms with Gasteiger partial charge in [-0.25, -0.2) is 4.79 Å². The first-order valence-corrected chi connectivity index (χ1v) is 11.8. The van der Waals surface area contributed by atoms with Crippen LogP contribution < -0.4 is 4.90 Å². The number of carbonyl (C=O) groups is 1. The highest BCUT2D eigenvalue weighted by Crippen LogP contribution is 2.45. The maximum absolute atomic E-state index is 11.1. The Balaban J connectivity index is 1.63. The molecule has 3 aromatic rings. The molecule has 4 rings (SSSR count). The molecule has 0 fully saturated rings. The summed E-state index contributed by atoms with van der Waals surface area (Å²) in [5, 5.41) is 18.0. The quantitative estimate of drug-likeness (QED) is 0.350. The topological polar surface area (TPSA) is 64.3 Å². The molecule has 0 saturated carbocycles. The fourth-order valence-corrected chi connectivity index (χ4v) is 6.25. The number of nitriles is 1. The van der Waals surface area contributed by atoms with Gasteiger partial charge in [0.05, 0.1) is 0 Å². The summed E-state index contributed by atoms with van der Waals surface area (Å²) in [6.07, 6.45) is 2.55. The average Bonchev–Trinajstić information content (AvgIpc) is 3.39. The van der Waals surface area contributed by atoms with Crippen LogP contribution in [0, 0.1) is 11.3 Å². The molecule has 2 aromatic heterocycles. The van der Waals surface area contributed by atoms with Crippen LogP contribution >= 0.6 is 22.7 Å². The van der Waals surface area contributed by atoms with Gasteiger partial charge in [0.15, 0.2) is 0 Å². The third-order valence-electron chi connectivity index (χ3n) is 6.03. The van der Waals surface area contributed by atoms with E-state index < -0.39 is 5.97 Å². The number of aliphatic carboxylic acids is 1. The SMILES string of the molecule is CC1CC(C)(C)N(C)c2ccc(-c3ccc(-c4ccc(/C=C(\C#N)C(=O)O)s4)s3)cc21. The number of carboxylic acids is 1. The van der Waals surface area contributed by atoms with Gasteiger partial charge < -0.3 is 10.0 Å². The Morgan fingerprint density at radius 1 is 1.16 bits per heavy atom. The van der Waals surface area contributed by atoms with Gasteiger partial charge in [-0.1, -0.05) is 13.0 Å². The minimum Gasteiger partial charge on any atom is -0.477 e. The zero-order valence-corrected chi connectivity index (χ0v) is 19.6. The highest BCUT2D eigenvalue weighted by atomic mass is 32.1. The highest BCUT2D eigenvalue weighted by molar-refractivity contribution is 7.24. The molecule has 0 bridgehead atoms. The Bertz CT molecular complexity index is 1230. The van der Waals surface area contributed by atoms with Gasteiger partial charge >= 0.3 is 5.97 Å². The molecule has 31 heavy (non-hydrogen) atoms. The second kappa shape index (κ2) is 7.99. The smallest absolute Gasteiger partial charge is 0.346 e. The Kier molecular flexibility index (Phi) is 5.50. The number of fused-ring (bicyclic) bond motifs is 1. The van der Waals surface area contributed by atoms with Crippen LogP contribution in [0.3, 0.4) is 0 Å². The lowest BCUT2D eigenvalue weighted by atomic mass is 9.80. The Labute approximate surface area is 190 Å². The molecule has 1 atom stereocenters. The predicted octanol–water partition coefficient (Wildman–Crippen LogP) is 6.86. The number of thiophene rings is 2. The third kappa shape index (κ3) is 4.04. The van der Waals surface area contributed by atoms with Gasteiger partial charge in [-0.15, -0.1) is 22.7 Å². The molecule has 0 aliphatic carbocycles. The number of anilines is 1. The lowest BCUT2D eigenvalue weighted by Crippen LogP contribution is -2.45. The number of rotatable bonds is 4. The second-order valence-electron chi connectivity index (χ2n) is 8.59. The molecule has 0 spiro atoms. The number of hydrogen-bond donors (Lipinski definition) is 1. The maximum atomic E-state index is 11.1. The second-order valence-corrected chi connectivity index (χ2v) is 10.8. The van der Waals surface area contributed by atoms with E-state index in [1.807, 2.05) is 12.1 Å². The van der Waals surface area contributed by atoms with E-state index in [9.17, 15) is 4.79 Å². The molecule has 1 unspecified atom stereocenters. The average molecular weight is 449 g/mol. The summed E-state index contributed by atoms with van der Waals surface area (Å²) in [6.45, 7) is 6.91. The van der Waals surface area contributed by atoms with Crippen LogP contribution in [-0.2, 0) is 4.79 Å². The van der Waals surface area contributed by atoms with E-state index in [1.165, 1.54) is 39.1 Å². The van der Waals surface area contributed by atoms with Crippen molar-refractivity contribution in [2.24, 2.45) is 0 Å². The van der Waals surface area contributed by atoms with Crippen molar-refractivity contribution in [2.75, 3.05) is 11.9 Å². The lowest BCUT2D eigenvalue weighted by Gasteiger charge is -2.45. The van der Waals surface area contributed by atoms with Gasteiger partial charge in [-0.2, -0.15) is 5.26 Å². The molecule has 1 aliphatic heterocycles. The molecule has 0 amide bonds. The molecule has 6 heteroatoms. The van der Waals surface area contributed by atoms with E-state index in [2.05, 4.69) is 63.1 Å². The van der Waals surface area contributed by atoms with Crippen molar-refractivity contribution < 1.29 is 9.90 Å². The van der Waals surface area contributed by atoms with Gasteiger partial charge in [0.2, 0.25) is 0 Å². The summed E-state index contributed by atoms with van der Waals surface area (Å²) in [7, 11) is 2.18. The van der Waals surface area contributed by atoms with Crippen LogP contribution in [0.1, 0.15) is 43.6 Å². The summed E-state index contributed by atoms with van der Waals surface area (Å²) >= 11 is 3.22. The lowest BCUT2D eigenvalue weighted by molar-refractivity contribution is -0.132. The predicted molar refractivity (Wildman–Crippen MR) is 130 cm³/mol. The molecule has 1 N–H and O–H groups in total. The van der Waals surface area contributed by atoms with E-state index in [-0.39, 0.29) is 11.1 Å². The van der Waals surface area contributed by atoms with E-state index in [0.29, 0.717) is 5.92 Å². The van der Waals surface area contributed by atoms with Gasteiger partial charge in [0.1, 0.15) is 11.6 Å². The molecule has 3 heterocycles. The molecule has 0 saturated heterocycles. The first kappa shape index (κ1) is 21.4. The van der Waals surface area contributed by atoms with Crippen molar-refractivity contribution in [3.8, 4) is 26.3 Å². The third-order valence-corrected chi connectivity index (χ3v) is 8.39. The molecular formula is C25H24N2O2S2. The maximum Gasteiger partial charge on any atom is 0.346 e. The highest BCUT2D eigenvalue weighted by Gasteiger charge is 2.34. The monoisotopic (exact) mass is 448 g/mol. The van der Waals surface area contributed by atoms with E-state index in [1.54, 1.807) is 17.4 Å². The molecule has 0 radical (unpaired) electrons. The van der Waals surface area contributed by atoms with Crippen LogP contribution in [0.25, 0.3) is 26.3 Å². The molecule has 1 aromatic carbocycles. The largest absolute Gasteiger partial charge is 0.477 e. The zero-order chi connectivity index (χ0) is 22.3. The van der Waals surface area contributed by atoms with Crippen molar-refractivity contribution >= 4 is 40.4 Å². The zero-order valence-electron chi connectivity index (χ0n) is 18.0. The minimum absolute atomic E-state index is 0.154. The Hall–Kier alpha value is -2.88. The number of carboxylic acid groups (broad SMARTS) is 1. The van der Waals surface area contributed by atoms with Crippen LogP contribution in [-0.4, -0.2) is 23.7 Å². The minimum atomic E-state index is -1.20. The summed E-state index contributed by atoms with van der Waals surface area (Å²) in [5.41, 5.74) is 3.84. The fraction of sp³-hybridized carbons (Fsp3) is 0.280. The summed E-state index contributed by atoms with van der Waals surface area (Å²) in [6, 6.07) is 16.6. The van der Waals surface area contributed by atoms with Crippen LogP contribution in [0.15, 0.2) is 48.0 Å². The van der Waals surface area contributed by atoms with E-state index in [4.69, 9.17) is 10.4 Å². The number of hydrogen-bond acceptors (Lipinski definition) is 5. The molecule has 4 nitrogen and oxygen atoms in total. The van der Waals surface area contributed by atoms with Gasteiger partial charge in [-0.05, 0) is 79.8 Å². The molecular weight excluding hydrogens is 424 g/mol. The first-order valence-electron chi connectivity index (χ1n) is 10.1. The first-order chi connectivity index (χ1) is 14.7. The van der Waals surface area contributed by atoms with Crippen molar-refractivity contribution in [1.82, 2.24) is 0 Å². The molecule has 1 aliphatic rings. The van der Waals surface area contributed by atoms with Crippen LogP contribution in [0.5, 0.6) is 0 Å². The fourth-order valence-electron chi connectivity index (χ4n) is 4.20. The van der Waals surface area contributed by atoms with Gasteiger partial charge in [0, 0.05) is 37.8 Å². The van der Waals surface area contributed by atoms with Gasteiger partial charge in [-0.3, -0.25) is 0 Å².